The summed E-state index contributed by atoms with van der Waals surface area (Å²) in [7, 11) is 0. The summed E-state index contributed by atoms with van der Waals surface area (Å²) in [5, 5.41) is 13.1. The molecule has 1 aliphatic rings. The molecule has 2 N–H and O–H groups in total. The number of fused-ring (bicyclic) bond motifs is 1. The van der Waals surface area contributed by atoms with Gasteiger partial charge in [-0.3, -0.25) is 4.79 Å². The lowest BCUT2D eigenvalue weighted by atomic mass is 10.0. The zero-order chi connectivity index (χ0) is 17.6. The fourth-order valence-corrected chi connectivity index (χ4v) is 4.24. The highest BCUT2D eigenvalue weighted by Crippen LogP contribution is 2.27. The Bertz CT molecular complexity index is 746. The minimum absolute atomic E-state index is 0.0824. The number of hydrogen-bond acceptors (Lipinski definition) is 4. The summed E-state index contributed by atoms with van der Waals surface area (Å²) < 4.78 is 0. The van der Waals surface area contributed by atoms with Gasteiger partial charge in [0.2, 0.25) is 5.91 Å². The van der Waals surface area contributed by atoms with Gasteiger partial charge in [0.05, 0.1) is 22.7 Å². The minimum atomic E-state index is -0.978. The molecular formula is C19H22N2O3S. The van der Waals surface area contributed by atoms with Gasteiger partial charge in [-0.05, 0) is 49.8 Å². The monoisotopic (exact) mass is 358 g/mol. The van der Waals surface area contributed by atoms with Crippen LogP contribution in [0.15, 0.2) is 24.3 Å². The van der Waals surface area contributed by atoms with E-state index in [0.717, 1.165) is 19.3 Å². The van der Waals surface area contributed by atoms with Crippen LogP contribution in [0.4, 0.5) is 0 Å². The Morgan fingerprint density at radius 2 is 2.08 bits per heavy atom. The van der Waals surface area contributed by atoms with Gasteiger partial charge in [0, 0.05) is 17.8 Å². The number of nitrogens with one attached hydrogen (secondary N) is 1. The van der Waals surface area contributed by atoms with E-state index in [2.05, 4.69) is 5.32 Å². The van der Waals surface area contributed by atoms with Crippen LogP contribution in [0.3, 0.4) is 0 Å². The molecule has 1 amide bonds. The smallest absolute Gasteiger partial charge is 0.335 e. The van der Waals surface area contributed by atoms with Crippen molar-refractivity contribution in [2.45, 2.75) is 44.9 Å². The Balaban J connectivity index is 1.41. The third-order valence-electron chi connectivity index (χ3n) is 4.32. The summed E-state index contributed by atoms with van der Waals surface area (Å²) in [5.74, 6) is -1.06. The van der Waals surface area contributed by atoms with Crippen LogP contribution in [0.25, 0.3) is 0 Å². The van der Waals surface area contributed by atoms with Crippen molar-refractivity contribution in [2.75, 3.05) is 6.54 Å². The molecule has 1 aromatic heterocycles. The molecule has 1 heterocycles. The predicted molar refractivity (Wildman–Crippen MR) is 97.2 cm³/mol. The standard InChI is InChI=1S/C19H22N2O3S/c22-17(12-13-5-3-6-14(11-13)19(23)24)20-10-4-9-18-21-15-7-1-2-8-16(15)25-18/h3,5-6,11H,1-2,4,7-10,12H2,(H,20,22)(H,23,24). The van der Waals surface area contributed by atoms with Gasteiger partial charge < -0.3 is 10.4 Å². The Morgan fingerprint density at radius 1 is 1.24 bits per heavy atom. The van der Waals surface area contributed by atoms with Crippen molar-refractivity contribution in [1.82, 2.24) is 10.3 Å². The third kappa shape index (κ3) is 4.89. The van der Waals surface area contributed by atoms with E-state index in [1.54, 1.807) is 18.2 Å². The summed E-state index contributed by atoms with van der Waals surface area (Å²) in [6.45, 7) is 0.613. The number of hydrogen-bond donors (Lipinski definition) is 2. The van der Waals surface area contributed by atoms with Crippen LogP contribution < -0.4 is 5.32 Å². The van der Waals surface area contributed by atoms with Crippen molar-refractivity contribution in [3.05, 3.63) is 51.0 Å². The van der Waals surface area contributed by atoms with Crippen LogP contribution in [-0.2, 0) is 30.5 Å². The SMILES string of the molecule is O=C(Cc1cccc(C(=O)O)c1)NCCCc1nc2c(s1)CCCC2. The van der Waals surface area contributed by atoms with E-state index >= 15 is 0 Å². The highest BCUT2D eigenvalue weighted by molar-refractivity contribution is 7.11. The number of aromatic nitrogens is 1. The van der Waals surface area contributed by atoms with Gasteiger partial charge in [0.1, 0.15) is 0 Å². The van der Waals surface area contributed by atoms with Gasteiger partial charge in [0.15, 0.2) is 0 Å². The molecule has 0 spiro atoms. The molecule has 0 saturated heterocycles. The Labute approximate surface area is 151 Å². The van der Waals surface area contributed by atoms with Gasteiger partial charge in [-0.25, -0.2) is 9.78 Å². The van der Waals surface area contributed by atoms with Crippen LogP contribution >= 0.6 is 11.3 Å². The molecule has 5 nitrogen and oxygen atoms in total. The first-order valence-corrected chi connectivity index (χ1v) is 9.50. The van der Waals surface area contributed by atoms with E-state index in [1.807, 2.05) is 11.3 Å². The first-order valence-electron chi connectivity index (χ1n) is 8.68. The van der Waals surface area contributed by atoms with E-state index in [4.69, 9.17) is 10.1 Å². The zero-order valence-corrected chi connectivity index (χ0v) is 14.9. The van der Waals surface area contributed by atoms with Crippen LogP contribution in [0.1, 0.15) is 50.8 Å². The average molecular weight is 358 g/mol. The molecule has 0 atom stereocenters. The van der Waals surface area contributed by atoms with Crippen molar-refractivity contribution < 1.29 is 14.7 Å². The summed E-state index contributed by atoms with van der Waals surface area (Å²) in [5.41, 5.74) is 2.21. The molecular weight excluding hydrogens is 336 g/mol. The second-order valence-corrected chi connectivity index (χ2v) is 7.49. The van der Waals surface area contributed by atoms with Gasteiger partial charge >= 0.3 is 5.97 Å². The van der Waals surface area contributed by atoms with Gasteiger partial charge in [0.25, 0.3) is 0 Å². The van der Waals surface area contributed by atoms with Crippen LogP contribution in [-0.4, -0.2) is 28.5 Å². The van der Waals surface area contributed by atoms with Crippen LogP contribution in [0, 0.1) is 0 Å². The normalized spacial score (nSPS) is 13.3. The van der Waals surface area contributed by atoms with Gasteiger partial charge in [-0.2, -0.15) is 0 Å². The highest BCUT2D eigenvalue weighted by Gasteiger charge is 2.14. The number of carbonyl (C=O) groups is 2. The lowest BCUT2D eigenvalue weighted by Crippen LogP contribution is -2.26. The number of nitrogens with zero attached hydrogens (tertiary/aromatic N) is 1. The van der Waals surface area contributed by atoms with Crippen molar-refractivity contribution >= 4 is 23.2 Å². The third-order valence-corrected chi connectivity index (χ3v) is 5.54. The maximum absolute atomic E-state index is 12.0. The summed E-state index contributed by atoms with van der Waals surface area (Å²) in [4.78, 5) is 29.1. The molecule has 0 fully saturated rings. The summed E-state index contributed by atoms with van der Waals surface area (Å²) in [6.07, 6.45) is 6.76. The van der Waals surface area contributed by atoms with E-state index in [-0.39, 0.29) is 17.9 Å². The van der Waals surface area contributed by atoms with Crippen LogP contribution in [0.5, 0.6) is 0 Å². The number of carbonyl (C=O) groups excluding carboxylic acids is 1. The lowest BCUT2D eigenvalue weighted by Gasteiger charge is -2.06. The molecule has 132 valence electrons. The highest BCUT2D eigenvalue weighted by atomic mass is 32.1. The number of benzene rings is 1. The Hall–Kier alpha value is -2.21. The maximum atomic E-state index is 12.0. The number of aromatic carboxylic acids is 1. The van der Waals surface area contributed by atoms with Gasteiger partial charge in [-0.1, -0.05) is 12.1 Å². The maximum Gasteiger partial charge on any atom is 0.335 e. The van der Waals surface area contributed by atoms with Crippen LogP contribution in [0.2, 0.25) is 0 Å². The largest absolute Gasteiger partial charge is 0.478 e. The fourth-order valence-electron chi connectivity index (χ4n) is 3.04. The molecule has 0 bridgehead atoms. The van der Waals surface area contributed by atoms with Crippen molar-refractivity contribution in [1.29, 1.82) is 0 Å². The first-order chi connectivity index (χ1) is 12.1. The van der Waals surface area contributed by atoms with E-state index < -0.39 is 5.97 Å². The van der Waals surface area contributed by atoms with E-state index in [1.165, 1.54) is 40.9 Å². The van der Waals surface area contributed by atoms with E-state index in [9.17, 15) is 9.59 Å². The summed E-state index contributed by atoms with van der Waals surface area (Å²) in [6, 6.07) is 6.50. The number of thiazole rings is 1. The molecule has 1 aromatic carbocycles. The molecule has 2 aromatic rings. The topological polar surface area (TPSA) is 79.3 Å². The molecule has 0 aliphatic heterocycles. The molecule has 1 aliphatic carbocycles. The lowest BCUT2D eigenvalue weighted by molar-refractivity contribution is -0.120. The van der Waals surface area contributed by atoms with Crippen molar-refractivity contribution in [3.8, 4) is 0 Å². The quantitative estimate of drug-likeness (QED) is 0.746. The second-order valence-electron chi connectivity index (χ2n) is 6.32. The Morgan fingerprint density at radius 3 is 2.88 bits per heavy atom. The number of carboxylic acid groups (broad SMARTS) is 1. The average Bonchev–Trinajstić information content (AvgIpc) is 3.02. The number of rotatable bonds is 7. The number of amides is 1. The molecule has 6 heteroatoms. The minimum Gasteiger partial charge on any atom is -0.478 e. The molecule has 0 radical (unpaired) electrons. The summed E-state index contributed by atoms with van der Waals surface area (Å²) >= 11 is 1.82. The second kappa shape index (κ2) is 8.25. The van der Waals surface area contributed by atoms with E-state index in [0.29, 0.717) is 12.1 Å². The predicted octanol–water partition coefficient (Wildman–Crippen LogP) is 3.01. The molecule has 3 rings (SSSR count). The molecule has 0 unspecified atom stereocenters. The first kappa shape index (κ1) is 17.6. The fraction of sp³-hybridized carbons (Fsp3) is 0.421. The number of aryl methyl sites for hydroxylation is 3. The molecule has 25 heavy (non-hydrogen) atoms. The molecule has 0 saturated carbocycles. The van der Waals surface area contributed by atoms with Crippen molar-refractivity contribution in [3.63, 3.8) is 0 Å². The van der Waals surface area contributed by atoms with Gasteiger partial charge in [-0.15, -0.1) is 11.3 Å². The zero-order valence-electron chi connectivity index (χ0n) is 14.1. The Kier molecular flexibility index (Phi) is 5.81. The van der Waals surface area contributed by atoms with Crippen molar-refractivity contribution in [2.24, 2.45) is 0 Å². The number of carboxylic acids is 1.